The number of hydrogen-bond donors (Lipinski definition) is 5. The van der Waals surface area contributed by atoms with Crippen molar-refractivity contribution in [2.75, 3.05) is 20.2 Å². The van der Waals surface area contributed by atoms with Gasteiger partial charge >= 0.3 is 5.97 Å². The summed E-state index contributed by atoms with van der Waals surface area (Å²) in [6.45, 7) is 9.68. The summed E-state index contributed by atoms with van der Waals surface area (Å²) in [6, 6.07) is 17.9. The molecule has 2 atom stereocenters. The molecule has 13 heteroatoms. The Hall–Kier alpha value is -5.14. The number of carboxylic acid groups (broad SMARTS) is 1. The van der Waals surface area contributed by atoms with Gasteiger partial charge < -0.3 is 31.9 Å². The number of unbranched alkanes of at least 4 members (excludes halogenated alkanes) is 4. The fourth-order valence-corrected chi connectivity index (χ4v) is 6.35. The van der Waals surface area contributed by atoms with Gasteiger partial charge in [-0.15, -0.1) is 11.3 Å². The lowest BCUT2D eigenvalue weighted by Crippen LogP contribution is -2.50. The zero-order valence-corrected chi connectivity index (χ0v) is 33.5. The highest BCUT2D eigenvalue weighted by atomic mass is 32.1. The van der Waals surface area contributed by atoms with E-state index in [2.05, 4.69) is 53.3 Å². The highest BCUT2D eigenvalue weighted by Crippen LogP contribution is 2.28. The number of nitrogens with two attached hydrogens (primary N) is 2. The molecule has 55 heavy (non-hydrogen) atoms. The van der Waals surface area contributed by atoms with Crippen molar-refractivity contribution in [3.05, 3.63) is 88.4 Å². The van der Waals surface area contributed by atoms with E-state index in [0.29, 0.717) is 18.7 Å². The van der Waals surface area contributed by atoms with E-state index < -0.39 is 24.0 Å². The number of carboxylic acids is 1. The number of nitrogens with zero attached hydrogens (tertiary/aromatic N) is 3. The molecule has 2 aromatic heterocycles. The van der Waals surface area contributed by atoms with Crippen LogP contribution in [0.15, 0.2) is 78.0 Å². The van der Waals surface area contributed by atoms with Gasteiger partial charge in [0, 0.05) is 34.9 Å². The largest absolute Gasteiger partial charge is 0.494 e. The molecule has 0 spiro atoms. The summed E-state index contributed by atoms with van der Waals surface area (Å²) in [5.41, 5.74) is 14.5. The molecule has 296 valence electrons. The predicted octanol–water partition coefficient (Wildman–Crippen LogP) is 6.77. The number of aliphatic carboxylic acids is 1. The number of aliphatic imine (C=N–C) groups is 1. The Morgan fingerprint density at radius 2 is 1.55 bits per heavy atom. The van der Waals surface area contributed by atoms with Gasteiger partial charge in [-0.3, -0.25) is 14.6 Å². The predicted molar refractivity (Wildman–Crippen MR) is 222 cm³/mol. The van der Waals surface area contributed by atoms with E-state index >= 15 is 0 Å². The molecular weight excluding hydrogens is 715 g/mol. The van der Waals surface area contributed by atoms with Crippen molar-refractivity contribution in [1.29, 1.82) is 0 Å². The number of thiophene rings is 1. The molecule has 0 saturated carbocycles. The number of carbonyl (C=O) groups excluding carboxylic acids is 2. The summed E-state index contributed by atoms with van der Waals surface area (Å²) in [5, 5.41) is 15.1. The molecule has 0 aliphatic rings. The van der Waals surface area contributed by atoms with Crippen molar-refractivity contribution in [3.63, 3.8) is 0 Å². The number of ether oxygens (including phenoxy) is 1. The normalized spacial score (nSPS) is 12.1. The van der Waals surface area contributed by atoms with Gasteiger partial charge in [-0.2, -0.15) is 0 Å². The second-order valence-electron chi connectivity index (χ2n) is 14.2. The standard InChI is InChI=1S/C33H45N7O4.C9H12OS/c1-3-4-5-6-7-19-44-27-16-14-24(15-17-27)26-21-38-30(39-22-26)25-12-10-23(11-13-25)20-29(36-2)31(41)40-28(32(42)43)9-8-18-37-33(34)35;1-9(2,3)8-5-4-7(6-10)11-8/h10-17,21-22,28-29,36H,3-9,18-20H2,1-2H3,(H,40,41)(H,42,43)(H4,34,35,37);4-6H,1-3H3. The van der Waals surface area contributed by atoms with Crippen molar-refractivity contribution in [3.8, 4) is 28.3 Å². The lowest BCUT2D eigenvalue weighted by atomic mass is 9.95. The monoisotopic (exact) mass is 771 g/mol. The minimum atomic E-state index is -1.11. The van der Waals surface area contributed by atoms with Crippen LogP contribution in [0.4, 0.5) is 0 Å². The summed E-state index contributed by atoms with van der Waals surface area (Å²) >= 11 is 1.57. The SMILES string of the molecule is CC(C)(C)c1ccc(C=O)s1.CCCCCCCOc1ccc(-c2cnc(-c3ccc(CC(NC)C(=O)NC(CCCN=C(N)N)C(=O)O)cc3)nc2)cc1. The van der Waals surface area contributed by atoms with Crippen LogP contribution >= 0.6 is 11.3 Å². The minimum Gasteiger partial charge on any atom is -0.494 e. The van der Waals surface area contributed by atoms with Gasteiger partial charge in [0.05, 0.1) is 17.5 Å². The molecule has 0 aliphatic heterocycles. The molecule has 2 aromatic carbocycles. The molecule has 4 aromatic rings. The number of likely N-dealkylation sites (N-methyl/N-ethyl adjacent to an activating group) is 1. The first-order valence-electron chi connectivity index (χ1n) is 18.8. The average molecular weight is 772 g/mol. The van der Waals surface area contributed by atoms with E-state index in [1.54, 1.807) is 30.8 Å². The zero-order chi connectivity index (χ0) is 40.2. The summed E-state index contributed by atoms with van der Waals surface area (Å²) in [7, 11) is 1.67. The first kappa shape index (κ1) is 44.3. The van der Waals surface area contributed by atoms with Crippen molar-refractivity contribution < 1.29 is 24.2 Å². The number of hydrogen-bond acceptors (Lipinski definition) is 9. The quantitative estimate of drug-likeness (QED) is 0.0277. The van der Waals surface area contributed by atoms with E-state index in [4.69, 9.17) is 16.2 Å². The number of nitrogens with one attached hydrogen (secondary N) is 2. The second kappa shape index (κ2) is 22.9. The summed E-state index contributed by atoms with van der Waals surface area (Å²) in [6.07, 6.45) is 11.6. The summed E-state index contributed by atoms with van der Waals surface area (Å²) in [5.74, 6) is -0.104. The Bertz CT molecular complexity index is 1780. The molecule has 12 nitrogen and oxygen atoms in total. The van der Waals surface area contributed by atoms with Crippen LogP contribution in [-0.4, -0.2) is 71.5 Å². The van der Waals surface area contributed by atoms with Crippen LogP contribution in [0.5, 0.6) is 5.75 Å². The zero-order valence-electron chi connectivity index (χ0n) is 32.7. The molecule has 0 fully saturated rings. The van der Waals surface area contributed by atoms with Gasteiger partial charge in [-0.25, -0.2) is 14.8 Å². The van der Waals surface area contributed by atoms with E-state index in [9.17, 15) is 19.5 Å². The van der Waals surface area contributed by atoms with E-state index in [1.165, 1.54) is 30.6 Å². The van der Waals surface area contributed by atoms with Crippen molar-refractivity contribution in [2.24, 2.45) is 16.5 Å². The molecule has 1 amide bonds. The average Bonchev–Trinajstić information content (AvgIpc) is 3.68. The Morgan fingerprint density at radius 3 is 2.09 bits per heavy atom. The molecule has 4 rings (SSSR count). The smallest absolute Gasteiger partial charge is 0.326 e. The Morgan fingerprint density at radius 1 is 0.891 bits per heavy atom. The van der Waals surface area contributed by atoms with Crippen LogP contribution in [0.3, 0.4) is 0 Å². The number of carbonyl (C=O) groups is 3. The van der Waals surface area contributed by atoms with Crippen LogP contribution < -0.4 is 26.8 Å². The van der Waals surface area contributed by atoms with Gasteiger partial charge in [0.1, 0.15) is 11.8 Å². The third-order valence-electron chi connectivity index (χ3n) is 8.72. The van der Waals surface area contributed by atoms with Gasteiger partial charge in [-0.1, -0.05) is 89.8 Å². The number of amides is 1. The highest BCUT2D eigenvalue weighted by Gasteiger charge is 2.24. The van der Waals surface area contributed by atoms with Crippen LogP contribution in [-0.2, 0) is 21.4 Å². The molecule has 7 N–H and O–H groups in total. The second-order valence-corrected chi connectivity index (χ2v) is 15.4. The lowest BCUT2D eigenvalue weighted by Gasteiger charge is -2.20. The minimum absolute atomic E-state index is 0.0545. The third kappa shape index (κ3) is 15.6. The van der Waals surface area contributed by atoms with E-state index in [-0.39, 0.29) is 24.3 Å². The van der Waals surface area contributed by atoms with Gasteiger partial charge in [0.25, 0.3) is 0 Å². The van der Waals surface area contributed by atoms with Crippen molar-refractivity contribution in [2.45, 2.75) is 96.6 Å². The number of rotatable bonds is 20. The number of benzene rings is 2. The maximum Gasteiger partial charge on any atom is 0.326 e. The summed E-state index contributed by atoms with van der Waals surface area (Å²) < 4.78 is 5.87. The van der Waals surface area contributed by atoms with Crippen molar-refractivity contribution >= 4 is 35.5 Å². The van der Waals surface area contributed by atoms with Crippen LogP contribution in [0.25, 0.3) is 22.5 Å². The molecule has 0 bridgehead atoms. The topological polar surface area (TPSA) is 195 Å². The van der Waals surface area contributed by atoms with E-state index in [1.807, 2.05) is 60.7 Å². The molecule has 0 aliphatic carbocycles. The first-order chi connectivity index (χ1) is 26.3. The first-order valence-corrected chi connectivity index (χ1v) is 19.6. The molecule has 0 radical (unpaired) electrons. The van der Waals surface area contributed by atoms with Crippen LogP contribution in [0.1, 0.15) is 92.8 Å². The number of guanidine groups is 1. The lowest BCUT2D eigenvalue weighted by molar-refractivity contribution is -0.142. The third-order valence-corrected chi connectivity index (χ3v) is 10.2. The summed E-state index contributed by atoms with van der Waals surface area (Å²) in [4.78, 5) is 49.9. The van der Waals surface area contributed by atoms with Crippen molar-refractivity contribution in [1.82, 2.24) is 20.6 Å². The molecule has 2 heterocycles. The van der Waals surface area contributed by atoms with E-state index in [0.717, 1.165) is 52.2 Å². The maximum absolute atomic E-state index is 12.8. The number of aromatic nitrogens is 2. The Kier molecular flexibility index (Phi) is 18.5. The van der Waals surface area contributed by atoms with Gasteiger partial charge in [-0.05, 0) is 73.5 Å². The number of aldehydes is 1. The fourth-order valence-electron chi connectivity index (χ4n) is 5.47. The Balaban J connectivity index is 0.000000632. The Labute approximate surface area is 329 Å². The van der Waals surface area contributed by atoms with Gasteiger partial charge in [0.2, 0.25) is 5.91 Å². The molecule has 0 saturated heterocycles. The molecule has 2 unspecified atom stereocenters. The molecular formula is C42H57N7O5S. The highest BCUT2D eigenvalue weighted by molar-refractivity contribution is 7.13. The van der Waals surface area contributed by atoms with Gasteiger partial charge in [0.15, 0.2) is 18.1 Å². The fraction of sp³-hybridized carbons (Fsp3) is 0.429. The maximum atomic E-state index is 12.8. The van der Waals surface area contributed by atoms with Crippen LogP contribution in [0, 0.1) is 0 Å². The van der Waals surface area contributed by atoms with Crippen LogP contribution in [0.2, 0.25) is 0 Å².